The van der Waals surface area contributed by atoms with Gasteiger partial charge in [-0.05, 0) is 36.8 Å². The number of alkyl halides is 3. The molecule has 158 valence electrons. The molecular formula is C19H15ClF3N3O4. The number of carbonyl (C=O) groups is 1. The number of ether oxygens (including phenoxy) is 1. The topological polar surface area (TPSA) is 96.5 Å². The van der Waals surface area contributed by atoms with E-state index in [1.807, 2.05) is 6.07 Å². The Kier molecular flexibility index (Phi) is 7.24. The Balaban J connectivity index is 2.27. The van der Waals surface area contributed by atoms with Crippen molar-refractivity contribution >= 4 is 28.9 Å². The highest BCUT2D eigenvalue weighted by atomic mass is 35.5. The second-order valence-electron chi connectivity index (χ2n) is 6.11. The molecule has 11 heteroatoms. The van der Waals surface area contributed by atoms with Crippen LogP contribution in [0.2, 0.25) is 5.02 Å². The van der Waals surface area contributed by atoms with Crippen molar-refractivity contribution in [1.82, 2.24) is 0 Å². The summed E-state index contributed by atoms with van der Waals surface area (Å²) in [6.45, 7) is 0.932. The second kappa shape index (κ2) is 9.45. The SMILES string of the molecule is Cc1cc(N(CCC#N)C(=O)COc2ccc([N+](=O)[O-])cc2C(F)(F)F)ccc1Cl. The molecule has 0 aliphatic carbocycles. The van der Waals surface area contributed by atoms with Crippen LogP contribution in [0, 0.1) is 28.4 Å². The van der Waals surface area contributed by atoms with E-state index in [0.717, 1.165) is 12.1 Å². The molecule has 7 nitrogen and oxygen atoms in total. The van der Waals surface area contributed by atoms with Gasteiger partial charge in [-0.1, -0.05) is 11.6 Å². The Labute approximate surface area is 174 Å². The number of nitro groups is 1. The lowest BCUT2D eigenvalue weighted by Crippen LogP contribution is -2.36. The smallest absolute Gasteiger partial charge is 0.420 e. The van der Waals surface area contributed by atoms with Gasteiger partial charge in [-0.25, -0.2) is 0 Å². The van der Waals surface area contributed by atoms with E-state index in [-0.39, 0.29) is 13.0 Å². The highest BCUT2D eigenvalue weighted by molar-refractivity contribution is 6.31. The molecule has 0 N–H and O–H groups in total. The average molecular weight is 442 g/mol. The summed E-state index contributed by atoms with van der Waals surface area (Å²) in [4.78, 5) is 23.6. The van der Waals surface area contributed by atoms with Gasteiger partial charge in [0.25, 0.3) is 11.6 Å². The van der Waals surface area contributed by atoms with Gasteiger partial charge < -0.3 is 9.64 Å². The van der Waals surface area contributed by atoms with Crippen LogP contribution < -0.4 is 9.64 Å². The monoisotopic (exact) mass is 441 g/mol. The number of rotatable bonds is 7. The maximum atomic E-state index is 13.2. The number of benzene rings is 2. The van der Waals surface area contributed by atoms with Crippen LogP contribution in [0.5, 0.6) is 5.75 Å². The van der Waals surface area contributed by atoms with Crippen molar-refractivity contribution in [2.75, 3.05) is 18.1 Å². The normalized spacial score (nSPS) is 10.9. The third-order valence-corrected chi connectivity index (χ3v) is 4.46. The van der Waals surface area contributed by atoms with E-state index in [1.165, 1.54) is 11.0 Å². The summed E-state index contributed by atoms with van der Waals surface area (Å²) in [6.07, 6.45) is -4.93. The van der Waals surface area contributed by atoms with Crippen LogP contribution in [0.25, 0.3) is 0 Å². The number of nitro benzene ring substituents is 1. The molecule has 0 bridgehead atoms. The van der Waals surface area contributed by atoms with Crippen LogP contribution in [0.1, 0.15) is 17.5 Å². The lowest BCUT2D eigenvalue weighted by Gasteiger charge is -2.23. The standard InChI is InChI=1S/C19H15ClF3N3O4/c1-12-9-13(3-5-16(12)20)25(8-2-7-24)18(27)11-30-17-6-4-14(26(28)29)10-15(17)19(21,22)23/h3-6,9-10H,2,8,11H2,1H3. The van der Waals surface area contributed by atoms with E-state index in [9.17, 15) is 28.1 Å². The van der Waals surface area contributed by atoms with E-state index in [0.29, 0.717) is 22.3 Å². The Bertz CT molecular complexity index is 1010. The largest absolute Gasteiger partial charge is 0.483 e. The van der Waals surface area contributed by atoms with Gasteiger partial charge in [-0.15, -0.1) is 0 Å². The highest BCUT2D eigenvalue weighted by Gasteiger charge is 2.36. The van der Waals surface area contributed by atoms with Gasteiger partial charge in [-0.3, -0.25) is 14.9 Å². The summed E-state index contributed by atoms with van der Waals surface area (Å²) < 4.78 is 44.8. The maximum Gasteiger partial charge on any atom is 0.420 e. The first-order valence-electron chi connectivity index (χ1n) is 8.46. The first-order valence-corrected chi connectivity index (χ1v) is 8.84. The Morgan fingerprint density at radius 3 is 2.57 bits per heavy atom. The molecule has 2 aromatic carbocycles. The lowest BCUT2D eigenvalue weighted by atomic mass is 10.1. The van der Waals surface area contributed by atoms with Crippen LogP contribution >= 0.6 is 11.6 Å². The summed E-state index contributed by atoms with van der Waals surface area (Å²) in [5, 5.41) is 20.0. The first kappa shape index (κ1) is 23.0. The minimum Gasteiger partial charge on any atom is -0.483 e. The van der Waals surface area contributed by atoms with Crippen LogP contribution in [0.3, 0.4) is 0 Å². The minimum atomic E-state index is -4.92. The van der Waals surface area contributed by atoms with Gasteiger partial charge >= 0.3 is 6.18 Å². The van der Waals surface area contributed by atoms with E-state index in [4.69, 9.17) is 21.6 Å². The highest BCUT2D eigenvalue weighted by Crippen LogP contribution is 2.38. The average Bonchev–Trinajstić information content (AvgIpc) is 2.68. The van der Waals surface area contributed by atoms with Gasteiger partial charge in [0, 0.05) is 29.4 Å². The Hall–Kier alpha value is -3.32. The summed E-state index contributed by atoms with van der Waals surface area (Å²) in [7, 11) is 0. The number of hydrogen-bond donors (Lipinski definition) is 0. The number of amides is 1. The molecule has 1 amide bonds. The Morgan fingerprint density at radius 1 is 1.30 bits per heavy atom. The molecule has 0 aliphatic rings. The first-order chi connectivity index (χ1) is 14.0. The van der Waals surface area contributed by atoms with Gasteiger partial charge in [0.05, 0.1) is 17.4 Å². The number of nitrogens with zero attached hydrogens (tertiary/aromatic N) is 3. The van der Waals surface area contributed by atoms with Crippen LogP contribution in [-0.4, -0.2) is 24.0 Å². The van der Waals surface area contributed by atoms with Gasteiger partial charge in [0.2, 0.25) is 0 Å². The molecule has 0 aromatic heterocycles. The van der Waals surface area contributed by atoms with Crippen molar-refractivity contribution < 1.29 is 27.6 Å². The fourth-order valence-corrected chi connectivity index (χ4v) is 2.67. The molecule has 0 fully saturated rings. The fourth-order valence-electron chi connectivity index (χ4n) is 2.55. The molecule has 0 aliphatic heterocycles. The zero-order valence-electron chi connectivity index (χ0n) is 15.6. The number of nitriles is 1. The predicted octanol–water partition coefficient (Wildman–Crippen LogP) is 4.90. The van der Waals surface area contributed by atoms with Crippen molar-refractivity contribution in [3.63, 3.8) is 0 Å². The van der Waals surface area contributed by atoms with E-state index in [2.05, 4.69) is 0 Å². The maximum absolute atomic E-state index is 13.2. The van der Waals surface area contributed by atoms with Gasteiger partial charge in [-0.2, -0.15) is 18.4 Å². The van der Waals surface area contributed by atoms with Crippen molar-refractivity contribution in [2.24, 2.45) is 0 Å². The molecular weight excluding hydrogens is 427 g/mol. The minimum absolute atomic E-state index is 0.00778. The number of non-ortho nitro benzene ring substituents is 1. The molecule has 0 atom stereocenters. The van der Waals surface area contributed by atoms with Crippen LogP contribution in [0.15, 0.2) is 36.4 Å². The number of anilines is 1. The third kappa shape index (κ3) is 5.61. The second-order valence-corrected chi connectivity index (χ2v) is 6.52. The van der Waals surface area contributed by atoms with Gasteiger partial charge in [0.15, 0.2) is 6.61 Å². The lowest BCUT2D eigenvalue weighted by molar-refractivity contribution is -0.385. The zero-order chi connectivity index (χ0) is 22.5. The molecule has 0 heterocycles. The third-order valence-electron chi connectivity index (χ3n) is 4.03. The predicted molar refractivity (Wildman–Crippen MR) is 102 cm³/mol. The number of hydrogen-bond acceptors (Lipinski definition) is 5. The fraction of sp³-hybridized carbons (Fsp3) is 0.263. The van der Waals surface area contributed by atoms with Crippen molar-refractivity contribution in [3.05, 3.63) is 62.7 Å². The molecule has 0 unspecified atom stereocenters. The molecule has 2 rings (SSSR count). The number of carbonyl (C=O) groups excluding carboxylic acids is 1. The Morgan fingerprint density at radius 2 is 2.00 bits per heavy atom. The van der Waals surface area contributed by atoms with Crippen molar-refractivity contribution in [3.8, 4) is 11.8 Å². The summed E-state index contributed by atoms with van der Waals surface area (Å²) in [5.41, 5.74) is -1.05. The molecule has 0 saturated heterocycles. The number of aryl methyl sites for hydroxylation is 1. The van der Waals surface area contributed by atoms with Crippen molar-refractivity contribution in [1.29, 1.82) is 5.26 Å². The molecule has 0 spiro atoms. The summed E-state index contributed by atoms with van der Waals surface area (Å²) in [6, 6.07) is 8.58. The van der Waals surface area contributed by atoms with Crippen LogP contribution in [0.4, 0.5) is 24.5 Å². The molecule has 2 aromatic rings. The molecule has 0 saturated carbocycles. The summed E-state index contributed by atoms with van der Waals surface area (Å²) >= 11 is 5.97. The quantitative estimate of drug-likeness (QED) is 0.449. The zero-order valence-corrected chi connectivity index (χ0v) is 16.3. The van der Waals surface area contributed by atoms with E-state index in [1.54, 1.807) is 19.1 Å². The molecule has 30 heavy (non-hydrogen) atoms. The summed E-state index contributed by atoms with van der Waals surface area (Å²) in [5.74, 6) is -1.41. The number of halogens is 4. The van der Waals surface area contributed by atoms with Crippen molar-refractivity contribution in [2.45, 2.75) is 19.5 Å². The van der Waals surface area contributed by atoms with Gasteiger partial charge in [0.1, 0.15) is 11.3 Å². The van der Waals surface area contributed by atoms with Crippen LogP contribution in [-0.2, 0) is 11.0 Å². The van der Waals surface area contributed by atoms with E-state index >= 15 is 0 Å². The van der Waals surface area contributed by atoms with E-state index < -0.39 is 40.6 Å². The molecule has 0 radical (unpaired) electrons.